The molecule has 0 atom stereocenters. The van der Waals surface area contributed by atoms with Crippen molar-refractivity contribution in [2.24, 2.45) is 0 Å². The number of oxazole rings is 1. The summed E-state index contributed by atoms with van der Waals surface area (Å²) < 4.78 is 24.8. The molecule has 26 heavy (non-hydrogen) atoms. The van der Waals surface area contributed by atoms with Crippen molar-refractivity contribution in [3.63, 3.8) is 0 Å². The van der Waals surface area contributed by atoms with Crippen LogP contribution in [0.1, 0.15) is 11.7 Å². The third-order valence-electron chi connectivity index (χ3n) is 3.40. The summed E-state index contributed by atoms with van der Waals surface area (Å²) in [6.07, 6.45) is 3.27. The van der Waals surface area contributed by atoms with Gasteiger partial charge >= 0.3 is 0 Å². The lowest BCUT2D eigenvalue weighted by Gasteiger charge is -1.97. The second kappa shape index (κ2) is 7.71. The van der Waals surface area contributed by atoms with E-state index in [0.717, 1.165) is 20.8 Å². The molecular formula is C17H13FN4O2S2. The lowest BCUT2D eigenvalue weighted by atomic mass is 10.2. The summed E-state index contributed by atoms with van der Waals surface area (Å²) in [6.45, 7) is 0.563. The number of rotatable bonds is 7. The number of thioether (sulfide) groups is 1. The van der Waals surface area contributed by atoms with Crippen molar-refractivity contribution in [3.8, 4) is 11.3 Å². The predicted molar refractivity (Wildman–Crippen MR) is 97.4 cm³/mol. The molecule has 0 bridgehead atoms. The summed E-state index contributed by atoms with van der Waals surface area (Å²) in [6, 6.07) is 9.85. The molecule has 132 valence electrons. The fourth-order valence-corrected chi connectivity index (χ4v) is 3.76. The largest absolute Gasteiger partial charge is 0.467 e. The van der Waals surface area contributed by atoms with E-state index in [9.17, 15) is 4.39 Å². The lowest BCUT2D eigenvalue weighted by molar-refractivity contribution is 0.518. The van der Waals surface area contributed by atoms with Crippen LogP contribution in [0.3, 0.4) is 0 Å². The van der Waals surface area contributed by atoms with Crippen LogP contribution in [-0.4, -0.2) is 15.2 Å². The molecular weight excluding hydrogens is 375 g/mol. The first-order valence-corrected chi connectivity index (χ1v) is 9.50. The molecule has 0 radical (unpaired) electrons. The molecule has 0 saturated carbocycles. The van der Waals surface area contributed by atoms with E-state index in [4.69, 9.17) is 8.83 Å². The highest BCUT2D eigenvalue weighted by Crippen LogP contribution is 2.29. The summed E-state index contributed by atoms with van der Waals surface area (Å²) in [5.74, 6) is 2.28. The number of hydrogen-bond donors (Lipinski definition) is 1. The number of halogens is 1. The van der Waals surface area contributed by atoms with Gasteiger partial charge in [-0.3, -0.25) is 0 Å². The predicted octanol–water partition coefficient (Wildman–Crippen LogP) is 4.83. The molecule has 0 saturated heterocycles. The third kappa shape index (κ3) is 4.12. The Morgan fingerprint density at radius 3 is 2.85 bits per heavy atom. The van der Waals surface area contributed by atoms with E-state index in [-0.39, 0.29) is 5.82 Å². The van der Waals surface area contributed by atoms with Gasteiger partial charge in [-0.05, 0) is 36.4 Å². The van der Waals surface area contributed by atoms with Crippen molar-refractivity contribution >= 4 is 28.2 Å². The molecule has 4 rings (SSSR count). The second-order valence-electron chi connectivity index (χ2n) is 5.22. The van der Waals surface area contributed by atoms with Gasteiger partial charge in [0.1, 0.15) is 11.6 Å². The molecule has 0 aliphatic heterocycles. The molecule has 0 aliphatic rings. The number of anilines is 1. The minimum absolute atomic E-state index is 0.281. The van der Waals surface area contributed by atoms with Gasteiger partial charge in [0.05, 0.1) is 24.8 Å². The van der Waals surface area contributed by atoms with Crippen LogP contribution in [0.2, 0.25) is 0 Å². The number of nitrogens with zero attached hydrogens (tertiary/aromatic N) is 3. The normalized spacial score (nSPS) is 11.0. The Bertz CT molecular complexity index is 967. The number of furan rings is 1. The molecule has 0 aliphatic carbocycles. The fourth-order valence-electron chi connectivity index (χ4n) is 2.16. The summed E-state index contributed by atoms with van der Waals surface area (Å²) in [7, 11) is 0. The highest BCUT2D eigenvalue weighted by molar-refractivity contribution is 8.00. The van der Waals surface area contributed by atoms with E-state index in [1.165, 1.54) is 35.2 Å². The van der Waals surface area contributed by atoms with Crippen molar-refractivity contribution in [1.82, 2.24) is 15.2 Å². The number of hydrogen-bond acceptors (Lipinski definition) is 8. The topological polar surface area (TPSA) is 77.0 Å². The highest BCUT2D eigenvalue weighted by atomic mass is 32.2. The molecule has 0 amide bonds. The Kier molecular flexibility index (Phi) is 4.98. The molecule has 0 spiro atoms. The maximum Gasteiger partial charge on any atom is 0.206 e. The molecule has 9 heteroatoms. The minimum atomic E-state index is -0.281. The summed E-state index contributed by atoms with van der Waals surface area (Å²) in [5.41, 5.74) is 0.787. The maximum atomic E-state index is 13.0. The monoisotopic (exact) mass is 388 g/mol. The van der Waals surface area contributed by atoms with Crippen molar-refractivity contribution < 1.29 is 13.2 Å². The smallest absolute Gasteiger partial charge is 0.206 e. The molecule has 4 aromatic rings. The average molecular weight is 388 g/mol. The van der Waals surface area contributed by atoms with Crippen LogP contribution in [0, 0.1) is 5.82 Å². The van der Waals surface area contributed by atoms with Gasteiger partial charge in [0.2, 0.25) is 11.0 Å². The second-order valence-corrected chi connectivity index (χ2v) is 7.42. The van der Waals surface area contributed by atoms with Crippen LogP contribution in [0.5, 0.6) is 0 Å². The number of aromatic nitrogens is 3. The van der Waals surface area contributed by atoms with Crippen LogP contribution >= 0.6 is 23.1 Å². The first kappa shape index (κ1) is 16.8. The summed E-state index contributed by atoms with van der Waals surface area (Å²) >= 11 is 2.95. The van der Waals surface area contributed by atoms with Gasteiger partial charge < -0.3 is 14.2 Å². The van der Waals surface area contributed by atoms with Crippen molar-refractivity contribution in [3.05, 3.63) is 66.3 Å². The number of benzene rings is 1. The highest BCUT2D eigenvalue weighted by Gasteiger charge is 2.10. The maximum absolute atomic E-state index is 13.0. The quantitative estimate of drug-likeness (QED) is 0.454. The average Bonchev–Trinajstić information content (AvgIpc) is 3.40. The van der Waals surface area contributed by atoms with Crippen LogP contribution in [0.25, 0.3) is 11.3 Å². The zero-order chi connectivity index (χ0) is 17.8. The van der Waals surface area contributed by atoms with E-state index < -0.39 is 0 Å². The van der Waals surface area contributed by atoms with Gasteiger partial charge in [-0.2, -0.15) is 0 Å². The Balaban J connectivity index is 1.32. The van der Waals surface area contributed by atoms with Gasteiger partial charge in [-0.15, -0.1) is 10.2 Å². The Morgan fingerprint density at radius 2 is 2.04 bits per heavy atom. The van der Waals surface area contributed by atoms with Crippen LogP contribution in [0.4, 0.5) is 9.52 Å². The molecule has 3 aromatic heterocycles. The van der Waals surface area contributed by atoms with Gasteiger partial charge in [0.25, 0.3) is 0 Å². The van der Waals surface area contributed by atoms with E-state index in [0.29, 0.717) is 23.9 Å². The van der Waals surface area contributed by atoms with Crippen LogP contribution in [-0.2, 0) is 12.3 Å². The van der Waals surface area contributed by atoms with E-state index in [1.807, 2.05) is 12.1 Å². The number of nitrogens with one attached hydrogen (secondary N) is 1. The Morgan fingerprint density at radius 1 is 1.15 bits per heavy atom. The first-order chi connectivity index (χ1) is 12.8. The summed E-state index contributed by atoms with van der Waals surface area (Å²) in [4.78, 5) is 4.25. The van der Waals surface area contributed by atoms with Crippen LogP contribution < -0.4 is 5.32 Å². The van der Waals surface area contributed by atoms with Gasteiger partial charge in [0.15, 0.2) is 10.1 Å². The van der Waals surface area contributed by atoms with Gasteiger partial charge in [0, 0.05) is 5.56 Å². The van der Waals surface area contributed by atoms with Gasteiger partial charge in [-0.1, -0.05) is 23.1 Å². The molecule has 1 aromatic carbocycles. The summed E-state index contributed by atoms with van der Waals surface area (Å²) in [5, 5.41) is 12.1. The fraction of sp³-hybridized carbons (Fsp3) is 0.118. The molecule has 0 unspecified atom stereocenters. The Hall–Kier alpha value is -2.65. The van der Waals surface area contributed by atoms with E-state index >= 15 is 0 Å². The van der Waals surface area contributed by atoms with Crippen LogP contribution in [0.15, 0.2) is 62.0 Å². The standard InChI is InChI=1S/C17H13FN4O2S2/c18-12-5-3-11(4-6-12)14-9-19-15(24-14)10-25-17-22-21-16(26-17)20-8-13-2-1-7-23-13/h1-7,9H,8,10H2,(H,20,21). The zero-order valence-electron chi connectivity index (χ0n) is 13.4. The molecule has 1 N–H and O–H groups in total. The van der Waals surface area contributed by atoms with Crippen molar-refractivity contribution in [1.29, 1.82) is 0 Å². The van der Waals surface area contributed by atoms with Crippen molar-refractivity contribution in [2.75, 3.05) is 5.32 Å². The SMILES string of the molecule is Fc1ccc(-c2cnc(CSc3nnc(NCc4ccco4)s3)o2)cc1. The lowest BCUT2D eigenvalue weighted by Crippen LogP contribution is -1.96. The minimum Gasteiger partial charge on any atom is -0.467 e. The van der Waals surface area contributed by atoms with Crippen molar-refractivity contribution in [2.45, 2.75) is 16.6 Å². The molecule has 3 heterocycles. The van der Waals surface area contributed by atoms with Gasteiger partial charge in [-0.25, -0.2) is 9.37 Å². The zero-order valence-corrected chi connectivity index (χ0v) is 15.0. The first-order valence-electron chi connectivity index (χ1n) is 7.69. The van der Waals surface area contributed by atoms with E-state index in [1.54, 1.807) is 24.6 Å². The third-order valence-corrected chi connectivity index (χ3v) is 5.40. The Labute approximate surface area is 156 Å². The molecule has 6 nitrogen and oxygen atoms in total. The molecule has 0 fully saturated rings. The van der Waals surface area contributed by atoms with E-state index in [2.05, 4.69) is 20.5 Å².